The summed E-state index contributed by atoms with van der Waals surface area (Å²) in [6.07, 6.45) is 1.39. The number of aryl methyl sites for hydroxylation is 2. The Balaban J connectivity index is 1.86. The van der Waals surface area contributed by atoms with Gasteiger partial charge in [0, 0.05) is 19.8 Å². The number of benzene rings is 1. The fourth-order valence-corrected chi connectivity index (χ4v) is 2.88. The first-order chi connectivity index (χ1) is 13.2. The van der Waals surface area contributed by atoms with Crippen LogP contribution in [0.2, 0.25) is 5.02 Å². The van der Waals surface area contributed by atoms with Crippen LogP contribution in [0.15, 0.2) is 34.1 Å². The monoisotopic (exact) mass is 413 g/mol. The second-order valence-electron chi connectivity index (χ2n) is 5.83. The van der Waals surface area contributed by atoms with E-state index in [-0.39, 0.29) is 27.6 Å². The molecule has 0 saturated carbocycles. The van der Waals surface area contributed by atoms with E-state index in [4.69, 9.17) is 11.6 Å². The summed E-state index contributed by atoms with van der Waals surface area (Å²) in [4.78, 5) is 41.3. The van der Waals surface area contributed by atoms with Gasteiger partial charge in [-0.25, -0.2) is 14.3 Å². The standard InChI is InChI=1S/C16H14ClF2N5O4/c1-22-7-20-13-12(22)14(26)24(16(27)23(13)2)6-11(25)21-8-3-4-10(9(17)5-8)28-15(18)19/h3-5,7,15H,6H2,1-2H3,(H,21,25). The van der Waals surface area contributed by atoms with Crippen LogP contribution in [0.25, 0.3) is 11.2 Å². The van der Waals surface area contributed by atoms with Crippen LogP contribution in [-0.4, -0.2) is 31.2 Å². The Labute approximate surface area is 160 Å². The van der Waals surface area contributed by atoms with Crippen molar-refractivity contribution in [1.29, 1.82) is 0 Å². The molecule has 0 aliphatic heterocycles. The summed E-state index contributed by atoms with van der Waals surface area (Å²) in [7, 11) is 3.03. The average Bonchev–Trinajstić information content (AvgIpc) is 3.01. The zero-order valence-corrected chi connectivity index (χ0v) is 15.4. The van der Waals surface area contributed by atoms with Crippen LogP contribution in [0.5, 0.6) is 5.75 Å². The number of alkyl halides is 2. The SMILES string of the molecule is Cn1cnc2c1c(=O)n(CC(=O)Nc1ccc(OC(F)F)c(Cl)c1)c(=O)n2C. The molecule has 2 aromatic heterocycles. The van der Waals surface area contributed by atoms with Crippen LogP contribution >= 0.6 is 11.6 Å². The highest BCUT2D eigenvalue weighted by molar-refractivity contribution is 6.32. The molecule has 2 heterocycles. The normalized spacial score (nSPS) is 11.2. The van der Waals surface area contributed by atoms with Crippen molar-refractivity contribution in [2.45, 2.75) is 13.2 Å². The third kappa shape index (κ3) is 3.60. The number of amides is 1. The van der Waals surface area contributed by atoms with Gasteiger partial charge in [-0.2, -0.15) is 8.78 Å². The van der Waals surface area contributed by atoms with Gasteiger partial charge in [0.15, 0.2) is 11.2 Å². The largest absolute Gasteiger partial charge is 0.433 e. The lowest BCUT2D eigenvalue weighted by atomic mass is 10.3. The molecule has 12 heteroatoms. The lowest BCUT2D eigenvalue weighted by Gasteiger charge is -2.11. The third-order valence-corrected chi connectivity index (χ3v) is 4.23. The summed E-state index contributed by atoms with van der Waals surface area (Å²) in [6, 6.07) is 3.67. The maximum atomic E-state index is 12.6. The Bertz CT molecular complexity index is 1180. The second-order valence-corrected chi connectivity index (χ2v) is 6.24. The molecule has 0 unspecified atom stereocenters. The van der Waals surface area contributed by atoms with Gasteiger partial charge in [0.2, 0.25) is 5.91 Å². The zero-order valence-electron chi connectivity index (χ0n) is 14.6. The molecule has 148 valence electrons. The van der Waals surface area contributed by atoms with Gasteiger partial charge in [-0.3, -0.25) is 14.2 Å². The van der Waals surface area contributed by atoms with E-state index in [0.29, 0.717) is 0 Å². The maximum Gasteiger partial charge on any atom is 0.387 e. The van der Waals surface area contributed by atoms with Gasteiger partial charge in [-0.1, -0.05) is 11.6 Å². The molecule has 0 bridgehead atoms. The molecule has 1 aromatic carbocycles. The van der Waals surface area contributed by atoms with Gasteiger partial charge in [0.25, 0.3) is 5.56 Å². The smallest absolute Gasteiger partial charge is 0.387 e. The number of nitrogens with one attached hydrogen (secondary N) is 1. The number of aromatic nitrogens is 4. The van der Waals surface area contributed by atoms with Crippen molar-refractivity contribution < 1.29 is 18.3 Å². The summed E-state index contributed by atoms with van der Waals surface area (Å²) in [5, 5.41) is 2.31. The molecule has 0 spiro atoms. The van der Waals surface area contributed by atoms with Gasteiger partial charge in [0.05, 0.1) is 11.3 Å². The molecule has 1 N–H and O–H groups in total. The number of ether oxygens (including phenoxy) is 1. The van der Waals surface area contributed by atoms with E-state index in [2.05, 4.69) is 15.0 Å². The zero-order chi connectivity index (χ0) is 20.6. The van der Waals surface area contributed by atoms with Crippen molar-refractivity contribution >= 4 is 34.4 Å². The number of rotatable bonds is 5. The molecule has 0 aliphatic rings. The minimum absolute atomic E-state index is 0.137. The lowest BCUT2D eigenvalue weighted by molar-refractivity contribution is -0.116. The summed E-state index contributed by atoms with van der Waals surface area (Å²) in [6.45, 7) is -3.59. The van der Waals surface area contributed by atoms with Gasteiger partial charge in [-0.15, -0.1) is 0 Å². The minimum Gasteiger partial charge on any atom is -0.433 e. The number of halogens is 3. The lowest BCUT2D eigenvalue weighted by Crippen LogP contribution is -2.42. The number of carbonyl (C=O) groups is 1. The van der Waals surface area contributed by atoms with Gasteiger partial charge in [-0.05, 0) is 18.2 Å². The van der Waals surface area contributed by atoms with Crippen LogP contribution in [0.4, 0.5) is 14.5 Å². The molecule has 0 aliphatic carbocycles. The Morgan fingerprint density at radius 2 is 2.04 bits per heavy atom. The van der Waals surface area contributed by atoms with Crippen molar-refractivity contribution in [2.24, 2.45) is 14.1 Å². The number of fused-ring (bicyclic) bond motifs is 1. The van der Waals surface area contributed by atoms with Crippen molar-refractivity contribution in [3.05, 3.63) is 50.4 Å². The molecule has 0 fully saturated rings. The summed E-state index contributed by atoms with van der Waals surface area (Å²) < 4.78 is 32.1. The Morgan fingerprint density at radius 1 is 1.32 bits per heavy atom. The third-order valence-electron chi connectivity index (χ3n) is 3.93. The predicted octanol–water partition coefficient (Wildman–Crippen LogP) is 1.33. The number of carbonyl (C=O) groups excluding carboxylic acids is 1. The minimum atomic E-state index is -3.04. The van der Waals surface area contributed by atoms with E-state index >= 15 is 0 Å². The Hall–Kier alpha value is -3.21. The highest BCUT2D eigenvalue weighted by Gasteiger charge is 2.17. The van der Waals surface area contributed by atoms with E-state index < -0.39 is 30.3 Å². The van der Waals surface area contributed by atoms with E-state index in [0.717, 1.165) is 15.2 Å². The van der Waals surface area contributed by atoms with Crippen LogP contribution in [0.3, 0.4) is 0 Å². The molecule has 3 rings (SSSR count). The molecular formula is C16H14ClF2N5O4. The van der Waals surface area contributed by atoms with Crippen LogP contribution in [-0.2, 0) is 25.4 Å². The Morgan fingerprint density at radius 3 is 2.68 bits per heavy atom. The first kappa shape index (κ1) is 19.5. The first-order valence-corrected chi connectivity index (χ1v) is 8.22. The molecule has 28 heavy (non-hydrogen) atoms. The van der Waals surface area contributed by atoms with Crippen LogP contribution < -0.4 is 21.3 Å². The first-order valence-electron chi connectivity index (χ1n) is 7.84. The van der Waals surface area contributed by atoms with E-state index in [1.54, 1.807) is 7.05 Å². The average molecular weight is 414 g/mol. The summed E-state index contributed by atoms with van der Waals surface area (Å²) >= 11 is 5.83. The molecule has 1 amide bonds. The highest BCUT2D eigenvalue weighted by Crippen LogP contribution is 2.28. The fraction of sp³-hybridized carbons (Fsp3) is 0.250. The maximum absolute atomic E-state index is 12.6. The van der Waals surface area contributed by atoms with Crippen LogP contribution in [0.1, 0.15) is 0 Å². The van der Waals surface area contributed by atoms with E-state index in [1.165, 1.54) is 30.1 Å². The van der Waals surface area contributed by atoms with E-state index in [9.17, 15) is 23.2 Å². The number of hydrogen-bond donors (Lipinski definition) is 1. The van der Waals surface area contributed by atoms with Crippen LogP contribution in [0, 0.1) is 0 Å². The van der Waals surface area contributed by atoms with E-state index in [1.807, 2.05) is 0 Å². The molecular weight excluding hydrogens is 400 g/mol. The quantitative estimate of drug-likeness (QED) is 0.680. The number of anilines is 1. The van der Waals surface area contributed by atoms with Crippen molar-refractivity contribution in [3.63, 3.8) is 0 Å². The number of hydrogen-bond acceptors (Lipinski definition) is 5. The summed E-state index contributed by atoms with van der Waals surface area (Å²) in [5.74, 6) is -0.930. The van der Waals surface area contributed by atoms with Crippen molar-refractivity contribution in [3.8, 4) is 5.75 Å². The molecule has 3 aromatic rings. The van der Waals surface area contributed by atoms with Gasteiger partial charge < -0.3 is 14.6 Å². The molecule has 9 nitrogen and oxygen atoms in total. The summed E-state index contributed by atoms with van der Waals surface area (Å²) in [5.41, 5.74) is -0.804. The highest BCUT2D eigenvalue weighted by atomic mass is 35.5. The fourth-order valence-electron chi connectivity index (χ4n) is 2.65. The van der Waals surface area contributed by atoms with Crippen molar-refractivity contribution in [1.82, 2.24) is 18.7 Å². The second kappa shape index (κ2) is 7.43. The number of imidazole rings is 1. The molecule has 0 atom stereocenters. The van der Waals surface area contributed by atoms with Crippen molar-refractivity contribution in [2.75, 3.05) is 5.32 Å². The Kier molecular flexibility index (Phi) is 5.18. The van der Waals surface area contributed by atoms with Gasteiger partial charge >= 0.3 is 12.3 Å². The molecule has 0 saturated heterocycles. The molecule has 0 radical (unpaired) electrons. The predicted molar refractivity (Wildman–Crippen MR) is 96.9 cm³/mol. The number of nitrogens with zero attached hydrogens (tertiary/aromatic N) is 4. The van der Waals surface area contributed by atoms with Gasteiger partial charge in [0.1, 0.15) is 12.3 Å². The topological polar surface area (TPSA) is 100 Å².